The predicted molar refractivity (Wildman–Crippen MR) is 140 cm³/mol. The van der Waals surface area contributed by atoms with Gasteiger partial charge in [0.05, 0.1) is 26.4 Å². The van der Waals surface area contributed by atoms with Crippen molar-refractivity contribution in [1.29, 1.82) is 0 Å². The minimum atomic E-state index is -4.66. The zero-order valence-electron chi connectivity index (χ0n) is 21.9. The Balaban J connectivity index is 1.44. The van der Waals surface area contributed by atoms with Gasteiger partial charge in [-0.1, -0.05) is 18.2 Å². The van der Waals surface area contributed by atoms with Crippen LogP contribution >= 0.6 is 0 Å². The first-order valence-electron chi connectivity index (χ1n) is 12.8. The van der Waals surface area contributed by atoms with Crippen LogP contribution in [0.25, 0.3) is 11.1 Å². The summed E-state index contributed by atoms with van der Waals surface area (Å²) in [6, 6.07) is 12.6. The van der Waals surface area contributed by atoms with E-state index in [2.05, 4.69) is 15.6 Å². The molecule has 2 aromatic carbocycles. The number of alkyl halides is 3. The van der Waals surface area contributed by atoms with Gasteiger partial charge in [0.2, 0.25) is 0 Å². The number of rotatable bonds is 4. The molecule has 11 heteroatoms. The molecule has 1 fully saturated rings. The summed E-state index contributed by atoms with van der Waals surface area (Å²) in [5.41, 5.74) is 2.00. The molecule has 1 unspecified atom stereocenters. The number of amides is 2. The van der Waals surface area contributed by atoms with E-state index in [4.69, 9.17) is 14.2 Å². The summed E-state index contributed by atoms with van der Waals surface area (Å²) in [4.78, 5) is 28.2. The van der Waals surface area contributed by atoms with Crippen LogP contribution in [-0.4, -0.2) is 42.9 Å². The number of anilines is 1. The van der Waals surface area contributed by atoms with Crippen molar-refractivity contribution in [2.24, 2.45) is 0 Å². The van der Waals surface area contributed by atoms with Gasteiger partial charge in [0.25, 0.3) is 5.91 Å². The van der Waals surface area contributed by atoms with E-state index in [0.717, 1.165) is 34.5 Å². The van der Waals surface area contributed by atoms with Crippen LogP contribution in [0.15, 0.2) is 54.7 Å². The summed E-state index contributed by atoms with van der Waals surface area (Å²) < 4.78 is 56.1. The number of nitrogens with zero attached hydrogens (tertiary/aromatic N) is 1. The largest absolute Gasteiger partial charge is 0.487 e. The maximum absolute atomic E-state index is 13.0. The molecule has 2 N–H and O–H groups in total. The molecule has 210 valence electrons. The monoisotopic (exact) mass is 555 g/mol. The molecule has 1 saturated heterocycles. The fourth-order valence-electron chi connectivity index (χ4n) is 5.16. The Morgan fingerprint density at radius 2 is 1.85 bits per heavy atom. The average molecular weight is 556 g/mol. The highest BCUT2D eigenvalue weighted by Gasteiger charge is 2.43. The second-order valence-corrected chi connectivity index (χ2v) is 9.95. The second kappa shape index (κ2) is 10.8. The van der Waals surface area contributed by atoms with Crippen molar-refractivity contribution >= 4 is 17.7 Å². The van der Waals surface area contributed by atoms with Crippen LogP contribution in [0.1, 0.15) is 52.5 Å². The van der Waals surface area contributed by atoms with Gasteiger partial charge in [0.15, 0.2) is 0 Å². The molecule has 5 rings (SSSR count). The minimum absolute atomic E-state index is 0.155. The van der Waals surface area contributed by atoms with Crippen LogP contribution in [-0.2, 0) is 15.7 Å². The average Bonchev–Trinajstić information content (AvgIpc) is 2.93. The SMILES string of the molecule is COC(=O)NC1CC2(CCOCC2)Oc2cc(-c3cc(NC(=O)c4ccnc(C(F)(F)F)c4)ccc3C)ccc21. The Bertz CT molecular complexity index is 1440. The molecule has 3 aromatic rings. The molecule has 40 heavy (non-hydrogen) atoms. The van der Waals surface area contributed by atoms with Crippen LogP contribution in [0.4, 0.5) is 23.7 Å². The van der Waals surface area contributed by atoms with Gasteiger partial charge in [0.1, 0.15) is 17.0 Å². The van der Waals surface area contributed by atoms with E-state index in [-0.39, 0.29) is 11.6 Å². The molecule has 2 aliphatic heterocycles. The molecular weight excluding hydrogens is 527 g/mol. The summed E-state index contributed by atoms with van der Waals surface area (Å²) in [7, 11) is 1.32. The van der Waals surface area contributed by atoms with Crippen molar-refractivity contribution < 1.29 is 37.0 Å². The lowest BCUT2D eigenvalue weighted by Crippen LogP contribution is -2.48. The van der Waals surface area contributed by atoms with Gasteiger partial charge in [0, 0.05) is 42.3 Å². The van der Waals surface area contributed by atoms with Crippen molar-refractivity contribution in [3.8, 4) is 16.9 Å². The number of ether oxygens (including phenoxy) is 3. The van der Waals surface area contributed by atoms with Crippen molar-refractivity contribution in [2.75, 3.05) is 25.6 Å². The molecule has 0 bridgehead atoms. The standard InChI is InChI=1S/C29H28F3N3O5/c1-17-3-5-20(34-26(36)19-7-10-33-25(14-19)29(30,31)32)15-22(17)18-4-6-21-23(35-27(37)38-2)16-28(40-24(21)13-18)8-11-39-12-9-28/h3-7,10,13-15,23H,8-9,11-12,16H2,1-2H3,(H,34,36)(H,35,37). The number of hydrogen-bond donors (Lipinski definition) is 2. The van der Waals surface area contributed by atoms with E-state index in [9.17, 15) is 22.8 Å². The minimum Gasteiger partial charge on any atom is -0.487 e. The first-order chi connectivity index (χ1) is 19.1. The molecule has 0 aliphatic carbocycles. The lowest BCUT2D eigenvalue weighted by atomic mass is 9.81. The predicted octanol–water partition coefficient (Wildman–Crippen LogP) is 6.06. The third-order valence-corrected chi connectivity index (χ3v) is 7.29. The molecule has 0 saturated carbocycles. The molecule has 1 aromatic heterocycles. The van der Waals surface area contributed by atoms with Crippen LogP contribution in [0, 0.1) is 6.92 Å². The summed E-state index contributed by atoms with van der Waals surface area (Å²) in [5.74, 6) is -0.0491. The fraction of sp³-hybridized carbons (Fsp3) is 0.345. The maximum Gasteiger partial charge on any atom is 0.433 e. The summed E-state index contributed by atoms with van der Waals surface area (Å²) >= 11 is 0. The third kappa shape index (κ3) is 5.74. The van der Waals surface area contributed by atoms with Gasteiger partial charge in [-0.15, -0.1) is 0 Å². The van der Waals surface area contributed by atoms with Gasteiger partial charge < -0.3 is 24.8 Å². The van der Waals surface area contributed by atoms with Crippen molar-refractivity contribution in [2.45, 2.75) is 44.0 Å². The Hall–Kier alpha value is -4.12. The van der Waals surface area contributed by atoms with E-state index < -0.39 is 29.5 Å². The Morgan fingerprint density at radius 1 is 1.07 bits per heavy atom. The van der Waals surface area contributed by atoms with E-state index in [1.165, 1.54) is 13.2 Å². The molecule has 2 aliphatic rings. The summed E-state index contributed by atoms with van der Waals surface area (Å²) in [6.45, 7) is 3.03. The number of benzene rings is 2. The quantitative estimate of drug-likeness (QED) is 0.406. The highest BCUT2D eigenvalue weighted by molar-refractivity contribution is 6.04. The first-order valence-corrected chi connectivity index (χ1v) is 12.8. The highest BCUT2D eigenvalue weighted by atomic mass is 19.4. The number of hydrogen-bond acceptors (Lipinski definition) is 6. The van der Waals surface area contributed by atoms with Gasteiger partial charge in [-0.2, -0.15) is 13.2 Å². The molecule has 3 heterocycles. The molecule has 1 atom stereocenters. The van der Waals surface area contributed by atoms with Crippen LogP contribution < -0.4 is 15.4 Å². The number of carbonyl (C=O) groups is 2. The van der Waals surface area contributed by atoms with Gasteiger partial charge >= 0.3 is 12.3 Å². The van der Waals surface area contributed by atoms with Gasteiger partial charge in [-0.3, -0.25) is 9.78 Å². The molecule has 8 nitrogen and oxygen atoms in total. The number of aryl methyl sites for hydroxylation is 1. The van der Waals surface area contributed by atoms with Gasteiger partial charge in [-0.25, -0.2) is 4.79 Å². The molecule has 0 radical (unpaired) electrons. The zero-order chi connectivity index (χ0) is 28.5. The number of carbonyl (C=O) groups excluding carboxylic acids is 2. The van der Waals surface area contributed by atoms with Gasteiger partial charge in [-0.05, 0) is 53.9 Å². The Kier molecular flexibility index (Phi) is 7.41. The fourth-order valence-corrected chi connectivity index (χ4v) is 5.16. The van der Waals surface area contributed by atoms with E-state index in [1.54, 1.807) is 12.1 Å². The number of aromatic nitrogens is 1. The normalized spacial score (nSPS) is 17.9. The van der Waals surface area contributed by atoms with E-state index in [0.29, 0.717) is 43.9 Å². The van der Waals surface area contributed by atoms with Crippen LogP contribution in [0.3, 0.4) is 0 Å². The Morgan fingerprint density at radius 3 is 2.58 bits per heavy atom. The molecular formula is C29H28F3N3O5. The maximum atomic E-state index is 13.0. The Labute approximate surface area is 228 Å². The van der Waals surface area contributed by atoms with Crippen LogP contribution in [0.5, 0.6) is 5.75 Å². The van der Waals surface area contributed by atoms with Crippen molar-refractivity contribution in [3.63, 3.8) is 0 Å². The number of pyridine rings is 1. The number of nitrogens with one attached hydrogen (secondary N) is 2. The lowest BCUT2D eigenvalue weighted by molar-refractivity contribution is -0.141. The molecule has 1 spiro atoms. The second-order valence-electron chi connectivity index (χ2n) is 9.95. The van der Waals surface area contributed by atoms with Crippen molar-refractivity contribution in [1.82, 2.24) is 10.3 Å². The third-order valence-electron chi connectivity index (χ3n) is 7.29. The highest BCUT2D eigenvalue weighted by Crippen LogP contribution is 2.45. The topological polar surface area (TPSA) is 98.8 Å². The van der Waals surface area contributed by atoms with E-state index in [1.807, 2.05) is 31.2 Å². The number of halogens is 3. The number of alkyl carbamates (subject to hydrolysis) is 1. The zero-order valence-corrected chi connectivity index (χ0v) is 21.9. The summed E-state index contributed by atoms with van der Waals surface area (Å²) in [6.07, 6.45) is -2.28. The smallest absolute Gasteiger partial charge is 0.433 e. The summed E-state index contributed by atoms with van der Waals surface area (Å²) in [5, 5.41) is 5.60. The van der Waals surface area contributed by atoms with Crippen LogP contribution in [0.2, 0.25) is 0 Å². The van der Waals surface area contributed by atoms with Crippen molar-refractivity contribution in [3.05, 3.63) is 77.1 Å². The number of fused-ring (bicyclic) bond motifs is 1. The molecule has 2 amide bonds. The lowest BCUT2D eigenvalue weighted by Gasteiger charge is -2.44. The number of methoxy groups -OCH3 is 1. The first kappa shape index (κ1) is 27.4. The van der Waals surface area contributed by atoms with E-state index >= 15 is 0 Å².